The molecule has 0 aliphatic heterocycles. The number of nitrogens with zero attached hydrogens (tertiary/aromatic N) is 6. The topological polar surface area (TPSA) is 106 Å². The van der Waals surface area contributed by atoms with E-state index in [1.54, 1.807) is 21.3 Å². The highest BCUT2D eigenvalue weighted by atomic mass is 16.5. The van der Waals surface area contributed by atoms with Gasteiger partial charge >= 0.3 is 0 Å². The lowest BCUT2D eigenvalue weighted by Crippen LogP contribution is -2.12. The maximum Gasteiger partial charge on any atom is 0.213 e. The Labute approximate surface area is 225 Å². The van der Waals surface area contributed by atoms with Gasteiger partial charge in [-0.1, -0.05) is 26.0 Å². The molecule has 0 bridgehead atoms. The molecule has 4 rings (SSSR count). The van der Waals surface area contributed by atoms with Crippen LogP contribution in [0.1, 0.15) is 45.5 Å². The zero-order valence-corrected chi connectivity index (χ0v) is 23.3. The van der Waals surface area contributed by atoms with Gasteiger partial charge in [-0.05, 0) is 50.5 Å². The van der Waals surface area contributed by atoms with Crippen LogP contribution in [0.5, 0.6) is 17.4 Å². The Balaban J connectivity index is 0.000000324. The van der Waals surface area contributed by atoms with E-state index in [-0.39, 0.29) is 7.53 Å². The summed E-state index contributed by atoms with van der Waals surface area (Å²) in [5.41, 5.74) is 2.45. The molecule has 0 unspecified atom stereocenters. The van der Waals surface area contributed by atoms with Crippen molar-refractivity contribution < 1.29 is 20.4 Å². The average molecular weight is 523 g/mol. The normalized spacial score (nSPS) is 11.5. The summed E-state index contributed by atoms with van der Waals surface area (Å²) >= 11 is 0. The standard InChI is InChI=1S/C18H20N4O3.C10H16N2O.H2/c1-5-25-16-11-6-8-13(19-16)18-21-20-12(2)22(18)17-14(23-3)9-7-10-15(17)24-4;1-7(2)9(13-4)10-11-5-8(3)6-12-10;/h6-11H,5H2,1-4H3;5-7,9H,1-4H3;1H/t;9-;/m.0./s1. The van der Waals surface area contributed by atoms with E-state index in [9.17, 15) is 0 Å². The van der Waals surface area contributed by atoms with Gasteiger partial charge in [0.1, 0.15) is 34.8 Å². The smallest absolute Gasteiger partial charge is 0.213 e. The summed E-state index contributed by atoms with van der Waals surface area (Å²) in [7, 11) is 4.92. The maximum atomic E-state index is 5.52. The van der Waals surface area contributed by atoms with Crippen LogP contribution in [0.15, 0.2) is 48.8 Å². The third kappa shape index (κ3) is 6.63. The molecule has 4 aromatic rings. The number of pyridine rings is 1. The van der Waals surface area contributed by atoms with Crippen molar-refractivity contribution >= 4 is 0 Å². The van der Waals surface area contributed by atoms with Crippen LogP contribution in [0.3, 0.4) is 0 Å². The van der Waals surface area contributed by atoms with Crippen LogP contribution >= 0.6 is 0 Å². The molecule has 1 aromatic carbocycles. The molecule has 0 spiro atoms. The van der Waals surface area contributed by atoms with Crippen molar-refractivity contribution in [2.45, 2.75) is 40.7 Å². The predicted octanol–water partition coefficient (Wildman–Crippen LogP) is 5.43. The van der Waals surface area contributed by atoms with Gasteiger partial charge in [0.05, 0.1) is 20.8 Å². The Morgan fingerprint density at radius 3 is 2.08 bits per heavy atom. The molecule has 3 aromatic heterocycles. The fourth-order valence-corrected chi connectivity index (χ4v) is 3.84. The van der Waals surface area contributed by atoms with E-state index >= 15 is 0 Å². The van der Waals surface area contributed by atoms with Gasteiger partial charge in [0, 0.05) is 27.0 Å². The summed E-state index contributed by atoms with van der Waals surface area (Å²) in [5, 5.41) is 8.52. The van der Waals surface area contributed by atoms with E-state index in [4.69, 9.17) is 18.9 Å². The summed E-state index contributed by atoms with van der Waals surface area (Å²) in [6, 6.07) is 11.2. The van der Waals surface area contributed by atoms with Crippen molar-refractivity contribution in [3.8, 4) is 34.6 Å². The Bertz CT molecular complexity index is 1290. The molecule has 1 atom stereocenters. The fourth-order valence-electron chi connectivity index (χ4n) is 3.84. The van der Waals surface area contributed by atoms with E-state index in [1.165, 1.54) is 0 Å². The van der Waals surface area contributed by atoms with E-state index in [0.29, 0.717) is 47.2 Å². The Morgan fingerprint density at radius 1 is 0.895 bits per heavy atom. The number of aryl methyl sites for hydroxylation is 2. The van der Waals surface area contributed by atoms with Gasteiger partial charge in [-0.25, -0.2) is 15.0 Å². The van der Waals surface area contributed by atoms with E-state index in [1.807, 2.05) is 74.1 Å². The van der Waals surface area contributed by atoms with Crippen molar-refractivity contribution in [2.24, 2.45) is 5.92 Å². The number of hydrogen-bond donors (Lipinski definition) is 0. The second kappa shape index (κ2) is 13.5. The van der Waals surface area contributed by atoms with Crippen LogP contribution in [0.25, 0.3) is 17.2 Å². The second-order valence-electron chi connectivity index (χ2n) is 8.73. The highest BCUT2D eigenvalue weighted by molar-refractivity contribution is 5.63. The van der Waals surface area contributed by atoms with E-state index in [2.05, 4.69) is 39.0 Å². The van der Waals surface area contributed by atoms with Crippen molar-refractivity contribution in [1.29, 1.82) is 0 Å². The van der Waals surface area contributed by atoms with E-state index in [0.717, 1.165) is 17.1 Å². The minimum absolute atomic E-state index is 0. The quantitative estimate of drug-likeness (QED) is 0.284. The van der Waals surface area contributed by atoms with Gasteiger partial charge in [0.15, 0.2) is 11.6 Å². The van der Waals surface area contributed by atoms with Crippen molar-refractivity contribution in [1.82, 2.24) is 29.7 Å². The van der Waals surface area contributed by atoms with Gasteiger partial charge in [-0.15, -0.1) is 10.2 Å². The second-order valence-corrected chi connectivity index (χ2v) is 8.73. The zero-order chi connectivity index (χ0) is 27.7. The minimum Gasteiger partial charge on any atom is -0.494 e. The molecule has 0 saturated carbocycles. The van der Waals surface area contributed by atoms with Gasteiger partial charge in [-0.2, -0.15) is 0 Å². The van der Waals surface area contributed by atoms with Crippen molar-refractivity contribution in [3.63, 3.8) is 0 Å². The first-order valence-electron chi connectivity index (χ1n) is 12.4. The first-order valence-corrected chi connectivity index (χ1v) is 12.4. The first kappa shape index (κ1) is 28.5. The van der Waals surface area contributed by atoms with Crippen LogP contribution in [0.4, 0.5) is 0 Å². The monoisotopic (exact) mass is 522 g/mol. The van der Waals surface area contributed by atoms with Crippen LogP contribution in [-0.4, -0.2) is 57.7 Å². The molecular formula is C28H38N6O4. The first-order chi connectivity index (χ1) is 18.3. The highest BCUT2D eigenvalue weighted by Gasteiger charge is 2.21. The predicted molar refractivity (Wildman–Crippen MR) is 147 cm³/mol. The largest absolute Gasteiger partial charge is 0.494 e. The molecule has 3 heterocycles. The molecule has 0 aliphatic carbocycles. The maximum absolute atomic E-state index is 5.52. The zero-order valence-electron chi connectivity index (χ0n) is 23.3. The summed E-state index contributed by atoms with van der Waals surface area (Å²) in [4.78, 5) is 13.0. The highest BCUT2D eigenvalue weighted by Crippen LogP contribution is 2.35. The summed E-state index contributed by atoms with van der Waals surface area (Å²) in [5.74, 6) is 4.30. The molecule has 0 N–H and O–H groups in total. The van der Waals surface area contributed by atoms with Crippen molar-refractivity contribution in [2.75, 3.05) is 27.9 Å². The van der Waals surface area contributed by atoms with Crippen LogP contribution in [0, 0.1) is 19.8 Å². The summed E-state index contributed by atoms with van der Waals surface area (Å²) in [6.45, 7) is 10.5. The molecule has 10 nitrogen and oxygen atoms in total. The third-order valence-corrected chi connectivity index (χ3v) is 5.61. The lowest BCUT2D eigenvalue weighted by Gasteiger charge is -2.17. The number of aromatic nitrogens is 6. The van der Waals surface area contributed by atoms with Gasteiger partial charge in [0.2, 0.25) is 5.88 Å². The fraction of sp³-hybridized carbons (Fsp3) is 0.393. The molecular weight excluding hydrogens is 484 g/mol. The van der Waals surface area contributed by atoms with Crippen LogP contribution < -0.4 is 14.2 Å². The van der Waals surface area contributed by atoms with Gasteiger partial charge in [0.25, 0.3) is 0 Å². The number of ether oxygens (including phenoxy) is 4. The molecule has 38 heavy (non-hydrogen) atoms. The Hall–Kier alpha value is -4.05. The number of para-hydroxylation sites is 1. The lowest BCUT2D eigenvalue weighted by molar-refractivity contribution is 0.0574. The summed E-state index contributed by atoms with van der Waals surface area (Å²) < 4.78 is 23.7. The Kier molecular flexibility index (Phi) is 10.1. The molecule has 204 valence electrons. The molecule has 0 aliphatic rings. The van der Waals surface area contributed by atoms with Gasteiger partial charge in [-0.3, -0.25) is 4.57 Å². The third-order valence-electron chi connectivity index (χ3n) is 5.61. The summed E-state index contributed by atoms with van der Waals surface area (Å²) in [6.07, 6.45) is 3.63. The molecule has 0 amide bonds. The molecule has 0 fully saturated rings. The number of methoxy groups -OCH3 is 3. The average Bonchev–Trinajstić information content (AvgIpc) is 3.31. The van der Waals surface area contributed by atoms with Crippen LogP contribution in [-0.2, 0) is 4.74 Å². The molecule has 10 heteroatoms. The minimum atomic E-state index is 0. The lowest BCUT2D eigenvalue weighted by atomic mass is 10.1. The van der Waals surface area contributed by atoms with Gasteiger partial charge < -0.3 is 18.9 Å². The number of hydrogen-bond acceptors (Lipinski definition) is 9. The molecule has 0 radical (unpaired) electrons. The Morgan fingerprint density at radius 2 is 1.53 bits per heavy atom. The SMILES string of the molecule is CCOc1cccc(-c2nnc(C)n2-c2c(OC)cccc2OC)n1.CO[C@H](c1ncc(C)cn1)C(C)C.[HH]. The number of rotatable bonds is 9. The van der Waals surface area contributed by atoms with Crippen molar-refractivity contribution in [3.05, 3.63) is 66.0 Å². The van der Waals surface area contributed by atoms with Crippen LogP contribution in [0.2, 0.25) is 0 Å². The molecule has 0 saturated heterocycles. The number of benzene rings is 1. The van der Waals surface area contributed by atoms with E-state index < -0.39 is 0 Å².